The second kappa shape index (κ2) is 8.10. The molecule has 3 rings (SSSR count). The standard InChI is InChI=1S/C17H21BrN6/c18-15-4-2-14(3-5-15)6-9-20-16(19)23-10-12-24(13-11-23)17-21-7-1-8-22-17/h1-5,7-8H,6,9-13H2,(H2,19,20). The van der Waals surface area contributed by atoms with Gasteiger partial charge in [-0.15, -0.1) is 0 Å². The number of anilines is 1. The molecule has 1 aromatic heterocycles. The van der Waals surface area contributed by atoms with Crippen molar-refractivity contribution in [2.45, 2.75) is 6.42 Å². The Bertz CT molecular complexity index is 665. The number of guanidine groups is 1. The Kier molecular flexibility index (Phi) is 5.63. The zero-order chi connectivity index (χ0) is 16.8. The molecule has 2 N–H and O–H groups in total. The van der Waals surface area contributed by atoms with Gasteiger partial charge in [0.15, 0.2) is 5.96 Å². The molecule has 0 spiro atoms. The van der Waals surface area contributed by atoms with E-state index in [2.05, 4.69) is 52.8 Å². The van der Waals surface area contributed by atoms with Crippen LogP contribution >= 0.6 is 15.9 Å². The minimum atomic E-state index is 0.626. The van der Waals surface area contributed by atoms with Gasteiger partial charge in [0.25, 0.3) is 0 Å². The predicted molar refractivity (Wildman–Crippen MR) is 100 cm³/mol. The fraction of sp³-hybridized carbons (Fsp3) is 0.353. The second-order valence-corrected chi connectivity index (χ2v) is 6.55. The van der Waals surface area contributed by atoms with Crippen LogP contribution in [0.3, 0.4) is 0 Å². The first-order valence-corrected chi connectivity index (χ1v) is 8.83. The van der Waals surface area contributed by atoms with Gasteiger partial charge in [0.1, 0.15) is 0 Å². The normalized spacial score (nSPS) is 15.6. The number of benzene rings is 1. The van der Waals surface area contributed by atoms with Gasteiger partial charge in [0.2, 0.25) is 5.95 Å². The van der Waals surface area contributed by atoms with E-state index in [9.17, 15) is 0 Å². The monoisotopic (exact) mass is 388 g/mol. The highest BCUT2D eigenvalue weighted by molar-refractivity contribution is 9.10. The van der Waals surface area contributed by atoms with Gasteiger partial charge in [0.05, 0.1) is 0 Å². The second-order valence-electron chi connectivity index (χ2n) is 5.64. The molecule has 126 valence electrons. The summed E-state index contributed by atoms with van der Waals surface area (Å²) in [4.78, 5) is 17.4. The number of aliphatic imine (C=N–C) groups is 1. The van der Waals surface area contributed by atoms with Crippen LogP contribution in [0.5, 0.6) is 0 Å². The maximum absolute atomic E-state index is 6.14. The Balaban J connectivity index is 1.47. The average Bonchev–Trinajstić information content (AvgIpc) is 2.64. The highest BCUT2D eigenvalue weighted by Crippen LogP contribution is 2.11. The fourth-order valence-electron chi connectivity index (χ4n) is 2.64. The third-order valence-electron chi connectivity index (χ3n) is 4.03. The van der Waals surface area contributed by atoms with Crippen LogP contribution in [0, 0.1) is 0 Å². The molecule has 0 saturated carbocycles. The molecule has 2 heterocycles. The summed E-state index contributed by atoms with van der Waals surface area (Å²) in [5, 5.41) is 0. The van der Waals surface area contributed by atoms with Crippen LogP contribution in [0.2, 0.25) is 0 Å². The van der Waals surface area contributed by atoms with Crippen LogP contribution < -0.4 is 10.6 Å². The Labute approximate surface area is 150 Å². The number of nitrogens with zero attached hydrogens (tertiary/aromatic N) is 5. The Hall–Kier alpha value is -2.15. The number of piperazine rings is 1. The molecular weight excluding hydrogens is 368 g/mol. The van der Waals surface area contributed by atoms with Crippen molar-refractivity contribution >= 4 is 27.8 Å². The van der Waals surface area contributed by atoms with Gasteiger partial charge in [-0.1, -0.05) is 28.1 Å². The smallest absolute Gasteiger partial charge is 0.225 e. The molecule has 2 aromatic rings. The number of nitrogens with two attached hydrogens (primary N) is 1. The lowest BCUT2D eigenvalue weighted by Gasteiger charge is -2.35. The van der Waals surface area contributed by atoms with Crippen LogP contribution in [0.1, 0.15) is 5.56 Å². The van der Waals surface area contributed by atoms with Crippen LogP contribution in [0.15, 0.2) is 52.2 Å². The van der Waals surface area contributed by atoms with Crippen LogP contribution in [-0.4, -0.2) is 53.6 Å². The summed E-state index contributed by atoms with van der Waals surface area (Å²) in [5.41, 5.74) is 7.40. The van der Waals surface area contributed by atoms with Crippen molar-refractivity contribution in [2.75, 3.05) is 37.6 Å². The van der Waals surface area contributed by atoms with Crippen molar-refractivity contribution in [1.82, 2.24) is 14.9 Å². The van der Waals surface area contributed by atoms with E-state index in [0.717, 1.165) is 43.0 Å². The zero-order valence-electron chi connectivity index (χ0n) is 13.5. The summed E-state index contributed by atoms with van der Waals surface area (Å²) in [7, 11) is 0. The van der Waals surface area contributed by atoms with Gasteiger partial charge in [-0.25, -0.2) is 9.97 Å². The topological polar surface area (TPSA) is 70.6 Å². The quantitative estimate of drug-likeness (QED) is 0.639. The molecule has 6 nitrogen and oxygen atoms in total. The Morgan fingerprint density at radius 3 is 2.42 bits per heavy atom. The summed E-state index contributed by atoms with van der Waals surface area (Å²) in [5.74, 6) is 1.41. The number of halogens is 1. The van der Waals surface area contributed by atoms with E-state index in [4.69, 9.17) is 5.73 Å². The minimum absolute atomic E-state index is 0.626. The highest BCUT2D eigenvalue weighted by Gasteiger charge is 2.19. The van der Waals surface area contributed by atoms with E-state index in [0.29, 0.717) is 12.5 Å². The summed E-state index contributed by atoms with van der Waals surface area (Å²) in [6.45, 7) is 4.09. The van der Waals surface area contributed by atoms with Gasteiger partial charge in [-0.05, 0) is 30.2 Å². The first kappa shape index (κ1) is 16.7. The maximum atomic E-state index is 6.14. The van der Waals surface area contributed by atoms with Gasteiger partial charge in [0, 0.05) is 49.6 Å². The molecule has 1 aliphatic heterocycles. The molecule has 0 radical (unpaired) electrons. The van der Waals surface area contributed by atoms with Crippen LogP contribution in [0.25, 0.3) is 0 Å². The number of aromatic nitrogens is 2. The van der Waals surface area contributed by atoms with E-state index in [1.54, 1.807) is 12.4 Å². The summed E-state index contributed by atoms with van der Waals surface area (Å²) < 4.78 is 1.09. The van der Waals surface area contributed by atoms with E-state index in [1.165, 1.54) is 5.56 Å². The summed E-state index contributed by atoms with van der Waals surface area (Å²) in [6, 6.07) is 10.1. The lowest BCUT2D eigenvalue weighted by molar-refractivity contribution is 0.378. The van der Waals surface area contributed by atoms with Gasteiger partial charge < -0.3 is 15.5 Å². The van der Waals surface area contributed by atoms with Gasteiger partial charge in [-0.2, -0.15) is 0 Å². The molecule has 1 fully saturated rings. The number of rotatable bonds is 4. The third-order valence-corrected chi connectivity index (χ3v) is 4.55. The first-order chi connectivity index (χ1) is 11.7. The molecule has 1 saturated heterocycles. The highest BCUT2D eigenvalue weighted by atomic mass is 79.9. The van der Waals surface area contributed by atoms with Crippen molar-refractivity contribution in [3.05, 3.63) is 52.8 Å². The van der Waals surface area contributed by atoms with Gasteiger partial charge in [-0.3, -0.25) is 4.99 Å². The van der Waals surface area contributed by atoms with Crippen LogP contribution in [-0.2, 0) is 6.42 Å². The summed E-state index contributed by atoms with van der Waals surface area (Å²) in [6.07, 6.45) is 4.44. The molecule has 0 unspecified atom stereocenters. The van der Waals surface area contributed by atoms with Crippen molar-refractivity contribution in [1.29, 1.82) is 0 Å². The predicted octanol–water partition coefficient (Wildman–Crippen LogP) is 1.92. The van der Waals surface area contributed by atoms with E-state index < -0.39 is 0 Å². The molecule has 0 bridgehead atoms. The van der Waals surface area contributed by atoms with Crippen LogP contribution in [0.4, 0.5) is 5.95 Å². The molecule has 1 aliphatic rings. The largest absolute Gasteiger partial charge is 0.370 e. The SMILES string of the molecule is NC(=NCCc1ccc(Br)cc1)N1CCN(c2ncccn2)CC1. The molecule has 24 heavy (non-hydrogen) atoms. The maximum Gasteiger partial charge on any atom is 0.225 e. The molecule has 0 amide bonds. The van der Waals surface area contributed by atoms with E-state index >= 15 is 0 Å². The lowest BCUT2D eigenvalue weighted by atomic mass is 10.2. The Morgan fingerprint density at radius 1 is 1.08 bits per heavy atom. The van der Waals surface area contributed by atoms with E-state index in [1.807, 2.05) is 18.2 Å². The van der Waals surface area contributed by atoms with E-state index in [-0.39, 0.29) is 0 Å². The Morgan fingerprint density at radius 2 is 1.75 bits per heavy atom. The average molecular weight is 389 g/mol. The number of hydrogen-bond acceptors (Lipinski definition) is 4. The van der Waals surface area contributed by atoms with Crippen molar-refractivity contribution in [2.24, 2.45) is 10.7 Å². The molecule has 0 aliphatic carbocycles. The minimum Gasteiger partial charge on any atom is -0.370 e. The van der Waals surface area contributed by atoms with Crippen molar-refractivity contribution in [3.63, 3.8) is 0 Å². The fourth-order valence-corrected chi connectivity index (χ4v) is 2.91. The summed E-state index contributed by atoms with van der Waals surface area (Å²) >= 11 is 3.44. The molecule has 1 aromatic carbocycles. The van der Waals surface area contributed by atoms with Gasteiger partial charge >= 0.3 is 0 Å². The lowest BCUT2D eigenvalue weighted by Crippen LogP contribution is -2.51. The van der Waals surface area contributed by atoms with Crippen molar-refractivity contribution < 1.29 is 0 Å². The molecule has 0 atom stereocenters. The number of hydrogen-bond donors (Lipinski definition) is 1. The molecular formula is C17H21BrN6. The zero-order valence-corrected chi connectivity index (χ0v) is 15.1. The third kappa shape index (κ3) is 4.44. The first-order valence-electron chi connectivity index (χ1n) is 8.03. The van der Waals surface area contributed by atoms with Crippen molar-refractivity contribution in [3.8, 4) is 0 Å². The molecule has 7 heteroatoms.